The van der Waals surface area contributed by atoms with Crippen LogP contribution in [0.1, 0.15) is 64.4 Å². The number of esters is 1. The van der Waals surface area contributed by atoms with E-state index in [1.54, 1.807) is 39.8 Å². The molecule has 3 aliphatic heterocycles. The molecule has 13 heteroatoms. The zero-order valence-corrected chi connectivity index (χ0v) is 29.7. The van der Waals surface area contributed by atoms with Crippen molar-refractivity contribution in [1.29, 1.82) is 0 Å². The molecule has 2 aromatic carbocycles. The molecule has 9 atom stereocenters. The number of rotatable bonds is 2. The van der Waals surface area contributed by atoms with E-state index >= 15 is 0 Å². The normalized spacial score (nSPS) is 33.2. The number of fused-ring (bicyclic) bond motifs is 14. The summed E-state index contributed by atoms with van der Waals surface area (Å²) in [5.41, 5.74) is -0.0929. The van der Waals surface area contributed by atoms with Gasteiger partial charge in [0.1, 0.15) is 23.4 Å². The van der Waals surface area contributed by atoms with Gasteiger partial charge in [0.25, 0.3) is 11.7 Å². The highest BCUT2D eigenvalue weighted by Crippen LogP contribution is 2.53. The zero-order chi connectivity index (χ0) is 37.4. The topological polar surface area (TPSA) is 201 Å². The number of hydrogen-bond acceptors (Lipinski definition) is 12. The van der Waals surface area contributed by atoms with Crippen molar-refractivity contribution < 1.29 is 58.9 Å². The number of methoxy groups -OCH3 is 1. The second-order valence-electron chi connectivity index (χ2n) is 13.4. The number of hydrogen-bond donors (Lipinski definition) is 6. The molecule has 0 aliphatic carbocycles. The second-order valence-corrected chi connectivity index (χ2v) is 13.4. The number of benzene rings is 2. The van der Waals surface area contributed by atoms with Gasteiger partial charge in [-0.15, -0.1) is 0 Å². The number of aromatic hydroxyl groups is 3. The standard InChI is InChI=1S/C37H47NO12/c1-16-11-10-12-17(2)36(46)38-23-15-24(40)26-27(32(23)44)31(43)21(6)34-28(26)35(45)37(8,50-34)48-14-13-25(47-9)18(3)33(49-22(7)39)20(5)30(42)19(4)29(16)41/h10-16,18-20,25,29-30,33,40-44H,1-9H3,(H,38,46)/b11-10-,14-13-,17-12-. The van der Waals surface area contributed by atoms with Crippen molar-refractivity contribution in [2.24, 2.45) is 23.7 Å². The Morgan fingerprint density at radius 2 is 1.60 bits per heavy atom. The number of aliphatic hydroxyl groups excluding tert-OH is 2. The van der Waals surface area contributed by atoms with Crippen LogP contribution in [-0.4, -0.2) is 80.5 Å². The number of nitrogens with one attached hydrogen (secondary N) is 1. The maximum atomic E-state index is 13.9. The van der Waals surface area contributed by atoms with Gasteiger partial charge in [-0.25, -0.2) is 0 Å². The van der Waals surface area contributed by atoms with E-state index < -0.39 is 88.8 Å². The molecule has 6 N–H and O–H groups in total. The van der Waals surface area contributed by atoms with E-state index in [9.17, 15) is 39.9 Å². The van der Waals surface area contributed by atoms with Crippen LogP contribution in [0.2, 0.25) is 0 Å². The Bertz CT molecular complexity index is 1760. The first-order chi connectivity index (χ1) is 23.4. The van der Waals surface area contributed by atoms with E-state index in [0.29, 0.717) is 0 Å². The first-order valence-corrected chi connectivity index (χ1v) is 16.4. The Balaban J connectivity index is 1.87. The molecule has 0 spiro atoms. The van der Waals surface area contributed by atoms with E-state index in [0.717, 1.165) is 6.07 Å². The molecule has 9 unspecified atom stereocenters. The molecule has 5 bridgehead atoms. The predicted octanol–water partition coefficient (Wildman–Crippen LogP) is 4.75. The number of ether oxygens (including phenoxy) is 4. The average Bonchev–Trinajstić information content (AvgIpc) is 3.33. The molecule has 2 aromatic rings. The van der Waals surface area contributed by atoms with Crippen molar-refractivity contribution in [2.45, 2.75) is 85.6 Å². The van der Waals surface area contributed by atoms with Crippen LogP contribution in [0.4, 0.5) is 5.69 Å². The molecular weight excluding hydrogens is 650 g/mol. The lowest BCUT2D eigenvalue weighted by Gasteiger charge is -2.38. The van der Waals surface area contributed by atoms with Gasteiger partial charge in [-0.2, -0.15) is 0 Å². The van der Waals surface area contributed by atoms with Crippen LogP contribution >= 0.6 is 0 Å². The van der Waals surface area contributed by atoms with Crippen LogP contribution in [-0.2, 0) is 23.8 Å². The highest BCUT2D eigenvalue weighted by molar-refractivity contribution is 6.21. The highest BCUT2D eigenvalue weighted by atomic mass is 16.7. The fourth-order valence-electron chi connectivity index (χ4n) is 6.65. The van der Waals surface area contributed by atoms with Gasteiger partial charge in [-0.05, 0) is 19.9 Å². The van der Waals surface area contributed by atoms with Gasteiger partial charge in [0.2, 0.25) is 0 Å². The van der Waals surface area contributed by atoms with Gasteiger partial charge < -0.3 is 49.8 Å². The van der Waals surface area contributed by atoms with E-state index in [2.05, 4.69) is 5.32 Å². The summed E-state index contributed by atoms with van der Waals surface area (Å²) in [5, 5.41) is 58.2. The summed E-state index contributed by atoms with van der Waals surface area (Å²) >= 11 is 0. The summed E-state index contributed by atoms with van der Waals surface area (Å²) in [6, 6.07) is 1.06. The highest BCUT2D eigenvalue weighted by Gasteiger charge is 2.49. The maximum absolute atomic E-state index is 13.9. The second kappa shape index (κ2) is 14.7. The van der Waals surface area contributed by atoms with E-state index in [1.807, 2.05) is 0 Å². The molecule has 0 aromatic heterocycles. The molecule has 3 aliphatic rings. The van der Waals surface area contributed by atoms with Crippen molar-refractivity contribution in [2.75, 3.05) is 12.4 Å². The smallest absolute Gasteiger partial charge is 0.312 e. The molecule has 1 amide bonds. The number of Topliss-reactive ketones (excluding diaryl/α,β-unsaturated/α-hetero) is 1. The zero-order valence-electron chi connectivity index (χ0n) is 29.7. The van der Waals surface area contributed by atoms with Gasteiger partial charge in [0.05, 0.1) is 41.2 Å². The molecular formula is C37H47NO12. The molecule has 0 fully saturated rings. The summed E-state index contributed by atoms with van der Waals surface area (Å²) < 4.78 is 23.2. The van der Waals surface area contributed by atoms with Gasteiger partial charge in [0, 0.05) is 67.2 Å². The Kier molecular flexibility index (Phi) is 11.2. The van der Waals surface area contributed by atoms with Crippen molar-refractivity contribution in [3.63, 3.8) is 0 Å². The molecule has 272 valence electrons. The first kappa shape index (κ1) is 38.2. The molecule has 13 nitrogen and oxygen atoms in total. The third kappa shape index (κ3) is 7.03. The van der Waals surface area contributed by atoms with Gasteiger partial charge in [-0.1, -0.05) is 45.9 Å². The minimum absolute atomic E-state index is 0.0709. The van der Waals surface area contributed by atoms with E-state index in [1.165, 1.54) is 53.2 Å². The fourth-order valence-corrected chi connectivity index (χ4v) is 6.65. The molecule has 50 heavy (non-hydrogen) atoms. The summed E-state index contributed by atoms with van der Waals surface area (Å²) in [6.07, 6.45) is 3.62. The number of ketones is 1. The molecule has 0 saturated heterocycles. The van der Waals surface area contributed by atoms with Crippen molar-refractivity contribution in [1.82, 2.24) is 0 Å². The monoisotopic (exact) mass is 697 g/mol. The Morgan fingerprint density at radius 3 is 2.22 bits per heavy atom. The molecule has 0 saturated carbocycles. The van der Waals surface area contributed by atoms with E-state index in [-0.39, 0.29) is 38.9 Å². The predicted molar refractivity (Wildman–Crippen MR) is 184 cm³/mol. The van der Waals surface area contributed by atoms with Crippen molar-refractivity contribution in [3.8, 4) is 23.0 Å². The maximum Gasteiger partial charge on any atom is 0.312 e. The summed E-state index contributed by atoms with van der Waals surface area (Å²) in [5.74, 6) is -7.99. The van der Waals surface area contributed by atoms with Crippen molar-refractivity contribution in [3.05, 3.63) is 53.3 Å². The third-order valence-electron chi connectivity index (χ3n) is 9.84. The van der Waals surface area contributed by atoms with Gasteiger partial charge in [-0.3, -0.25) is 14.4 Å². The lowest BCUT2D eigenvalue weighted by molar-refractivity contribution is -0.160. The quantitative estimate of drug-likeness (QED) is 0.143. The number of carbonyl (C=O) groups excluding carboxylic acids is 3. The Morgan fingerprint density at radius 1 is 0.940 bits per heavy atom. The Hall–Kier alpha value is -4.59. The number of allylic oxidation sites excluding steroid dienone is 2. The lowest BCUT2D eigenvalue weighted by Crippen LogP contribution is -2.46. The number of anilines is 1. The van der Waals surface area contributed by atoms with E-state index in [4.69, 9.17) is 18.9 Å². The number of amides is 1. The average molecular weight is 698 g/mol. The van der Waals surface area contributed by atoms with Gasteiger partial charge in [0.15, 0.2) is 5.75 Å². The Labute approximate surface area is 290 Å². The SMILES string of the molecule is COC1/C=C\OC2(C)Oc3c(C)c(O)c4c(O)c(cc(O)c4c3C2=O)NC(=O)/C(C)=C\C=C/C(C)C(O)C(C)C(O)C(C)C(OC(C)=O)C1C. The third-order valence-corrected chi connectivity index (χ3v) is 9.84. The number of carbonyl (C=O) groups is 3. The number of phenols is 3. The van der Waals surface area contributed by atoms with Crippen LogP contribution in [0.3, 0.4) is 0 Å². The number of aliphatic hydroxyl groups is 2. The van der Waals surface area contributed by atoms with Crippen LogP contribution in [0.15, 0.2) is 42.2 Å². The van der Waals surface area contributed by atoms with Crippen LogP contribution in [0, 0.1) is 30.6 Å². The van der Waals surface area contributed by atoms with Gasteiger partial charge >= 0.3 is 11.8 Å². The summed E-state index contributed by atoms with van der Waals surface area (Å²) in [6.45, 7) is 12.5. The van der Waals surface area contributed by atoms with Crippen molar-refractivity contribution >= 4 is 34.1 Å². The van der Waals surface area contributed by atoms with Crippen LogP contribution < -0.4 is 10.1 Å². The fraction of sp³-hybridized carbons (Fsp3) is 0.486. The summed E-state index contributed by atoms with van der Waals surface area (Å²) in [7, 11) is 1.43. The summed E-state index contributed by atoms with van der Waals surface area (Å²) in [4.78, 5) is 39.2. The minimum atomic E-state index is -1.98. The molecule has 0 radical (unpaired) electrons. The number of phenolic OH excluding ortho intramolecular Hbond substituents is 3. The molecule has 3 heterocycles. The van der Waals surface area contributed by atoms with Crippen LogP contribution in [0.25, 0.3) is 10.8 Å². The minimum Gasteiger partial charge on any atom is -0.507 e. The largest absolute Gasteiger partial charge is 0.507 e. The molecule has 5 rings (SSSR count). The lowest BCUT2D eigenvalue weighted by atomic mass is 9.78. The first-order valence-electron chi connectivity index (χ1n) is 16.4. The van der Waals surface area contributed by atoms with Crippen LogP contribution in [0.5, 0.6) is 23.0 Å².